The lowest BCUT2D eigenvalue weighted by Crippen LogP contribution is -2.50. The van der Waals surface area contributed by atoms with Gasteiger partial charge in [0.1, 0.15) is 5.75 Å². The third-order valence-corrected chi connectivity index (χ3v) is 4.18. The number of carbonyl (C=O) groups excluding carboxylic acids is 1. The number of nitrogens with zero attached hydrogens (tertiary/aromatic N) is 2. The molecule has 1 aliphatic rings. The maximum atomic E-state index is 12.1. The van der Waals surface area contributed by atoms with Gasteiger partial charge < -0.3 is 9.64 Å². The van der Waals surface area contributed by atoms with E-state index in [-0.39, 0.29) is 12.5 Å². The van der Waals surface area contributed by atoms with Gasteiger partial charge in [0.15, 0.2) is 6.61 Å². The van der Waals surface area contributed by atoms with Crippen LogP contribution in [0.2, 0.25) is 5.02 Å². The van der Waals surface area contributed by atoms with E-state index in [4.69, 9.17) is 16.3 Å². The molecule has 0 aliphatic carbocycles. The van der Waals surface area contributed by atoms with Crippen LogP contribution in [-0.4, -0.2) is 55.0 Å². The molecule has 0 unspecified atom stereocenters. The summed E-state index contributed by atoms with van der Waals surface area (Å²) in [5.74, 6) is 0.744. The summed E-state index contributed by atoms with van der Waals surface area (Å²) in [5, 5.41) is 0.709. The van der Waals surface area contributed by atoms with E-state index in [2.05, 4.69) is 11.8 Å². The lowest BCUT2D eigenvalue weighted by atomic mass is 10.2. The first-order valence-corrected chi connectivity index (χ1v) is 7.87. The largest absolute Gasteiger partial charge is 0.484 e. The summed E-state index contributed by atoms with van der Waals surface area (Å²) in [5.41, 5.74) is 0.954. The zero-order chi connectivity index (χ0) is 15.2. The van der Waals surface area contributed by atoms with Crippen LogP contribution >= 0.6 is 11.6 Å². The Morgan fingerprint density at radius 2 is 2.00 bits per heavy atom. The van der Waals surface area contributed by atoms with E-state index in [0.717, 1.165) is 44.7 Å². The molecule has 0 saturated carbocycles. The monoisotopic (exact) mass is 310 g/mol. The highest BCUT2D eigenvalue weighted by atomic mass is 35.5. The predicted molar refractivity (Wildman–Crippen MR) is 85.0 cm³/mol. The van der Waals surface area contributed by atoms with E-state index in [1.165, 1.54) is 0 Å². The summed E-state index contributed by atoms with van der Waals surface area (Å²) in [7, 11) is 0. The van der Waals surface area contributed by atoms with E-state index in [1.807, 2.05) is 17.9 Å². The smallest absolute Gasteiger partial charge is 0.260 e. The maximum Gasteiger partial charge on any atom is 0.260 e. The summed E-state index contributed by atoms with van der Waals surface area (Å²) in [6, 6.07) is 5.44. The molecule has 0 atom stereocenters. The van der Waals surface area contributed by atoms with Gasteiger partial charge in [0.05, 0.1) is 0 Å². The molecule has 0 aromatic heterocycles. The molecular formula is C16H23ClN2O2. The Labute approximate surface area is 131 Å². The van der Waals surface area contributed by atoms with Crippen molar-refractivity contribution in [3.63, 3.8) is 0 Å². The molecular weight excluding hydrogens is 288 g/mol. The molecule has 21 heavy (non-hydrogen) atoms. The molecule has 0 radical (unpaired) electrons. The fourth-order valence-electron chi connectivity index (χ4n) is 2.48. The molecule has 1 aromatic rings. The molecule has 116 valence electrons. The minimum atomic E-state index is 0.0544. The molecule has 1 saturated heterocycles. The summed E-state index contributed by atoms with van der Waals surface area (Å²) < 4.78 is 5.57. The number of carbonyl (C=O) groups is 1. The molecule has 0 N–H and O–H groups in total. The number of halogens is 1. The van der Waals surface area contributed by atoms with Gasteiger partial charge in [-0.1, -0.05) is 18.5 Å². The van der Waals surface area contributed by atoms with E-state index in [1.54, 1.807) is 12.1 Å². The Kier molecular flexibility index (Phi) is 5.88. The summed E-state index contributed by atoms with van der Waals surface area (Å²) >= 11 is 5.97. The maximum absolute atomic E-state index is 12.1. The lowest BCUT2D eigenvalue weighted by molar-refractivity contribution is -0.135. The van der Waals surface area contributed by atoms with E-state index < -0.39 is 0 Å². The van der Waals surface area contributed by atoms with Crippen molar-refractivity contribution in [2.75, 3.05) is 39.3 Å². The number of hydrogen-bond donors (Lipinski definition) is 0. The zero-order valence-electron chi connectivity index (χ0n) is 12.8. The van der Waals surface area contributed by atoms with E-state index in [0.29, 0.717) is 10.8 Å². The Hall–Kier alpha value is -1.26. The molecule has 1 heterocycles. The lowest BCUT2D eigenvalue weighted by Gasteiger charge is -2.34. The van der Waals surface area contributed by atoms with Gasteiger partial charge in [-0.05, 0) is 43.7 Å². The minimum Gasteiger partial charge on any atom is -0.484 e. The summed E-state index contributed by atoms with van der Waals surface area (Å²) in [4.78, 5) is 16.4. The molecule has 1 fully saturated rings. The SMILES string of the molecule is CCCN1CCN(C(=O)COc2ccc(Cl)c(C)c2)CC1. The third-order valence-electron chi connectivity index (χ3n) is 3.76. The van der Waals surface area contributed by atoms with Gasteiger partial charge in [-0.25, -0.2) is 0 Å². The van der Waals surface area contributed by atoms with Crippen LogP contribution in [0.25, 0.3) is 0 Å². The second kappa shape index (κ2) is 7.66. The second-order valence-corrected chi connectivity index (χ2v) is 5.83. The average Bonchev–Trinajstić information content (AvgIpc) is 2.49. The first kappa shape index (κ1) is 16.1. The van der Waals surface area contributed by atoms with Crippen LogP contribution < -0.4 is 4.74 Å². The van der Waals surface area contributed by atoms with Crippen molar-refractivity contribution in [3.8, 4) is 5.75 Å². The van der Waals surface area contributed by atoms with Crippen LogP contribution in [0.4, 0.5) is 0 Å². The van der Waals surface area contributed by atoms with E-state index in [9.17, 15) is 4.79 Å². The first-order valence-electron chi connectivity index (χ1n) is 7.49. The van der Waals surface area contributed by atoms with Crippen molar-refractivity contribution in [2.24, 2.45) is 0 Å². The van der Waals surface area contributed by atoms with Gasteiger partial charge in [-0.3, -0.25) is 9.69 Å². The number of piperazine rings is 1. The van der Waals surface area contributed by atoms with Crippen molar-refractivity contribution < 1.29 is 9.53 Å². The first-order chi connectivity index (χ1) is 10.1. The van der Waals surface area contributed by atoms with Gasteiger partial charge in [0.2, 0.25) is 0 Å². The van der Waals surface area contributed by atoms with Gasteiger partial charge >= 0.3 is 0 Å². The molecule has 2 rings (SSSR count). The number of benzene rings is 1. The highest BCUT2D eigenvalue weighted by Crippen LogP contribution is 2.21. The van der Waals surface area contributed by atoms with Crippen LogP contribution in [0, 0.1) is 6.92 Å². The third kappa shape index (κ3) is 4.61. The van der Waals surface area contributed by atoms with Gasteiger partial charge in [-0.15, -0.1) is 0 Å². The average molecular weight is 311 g/mol. The normalized spacial score (nSPS) is 16.0. The molecule has 5 heteroatoms. The van der Waals surface area contributed by atoms with Crippen molar-refractivity contribution in [1.82, 2.24) is 9.80 Å². The van der Waals surface area contributed by atoms with Crippen molar-refractivity contribution in [2.45, 2.75) is 20.3 Å². The van der Waals surface area contributed by atoms with Crippen LogP contribution in [0.3, 0.4) is 0 Å². The highest BCUT2D eigenvalue weighted by molar-refractivity contribution is 6.31. The van der Waals surface area contributed by atoms with Crippen molar-refractivity contribution in [3.05, 3.63) is 28.8 Å². The van der Waals surface area contributed by atoms with Crippen molar-refractivity contribution >= 4 is 17.5 Å². The van der Waals surface area contributed by atoms with E-state index >= 15 is 0 Å². The molecule has 0 bridgehead atoms. The van der Waals surface area contributed by atoms with Crippen LogP contribution in [-0.2, 0) is 4.79 Å². The van der Waals surface area contributed by atoms with Gasteiger partial charge in [0.25, 0.3) is 5.91 Å². The molecule has 0 spiro atoms. The molecule has 4 nitrogen and oxygen atoms in total. The topological polar surface area (TPSA) is 32.8 Å². The second-order valence-electron chi connectivity index (χ2n) is 5.42. The fraction of sp³-hybridized carbons (Fsp3) is 0.562. The quantitative estimate of drug-likeness (QED) is 0.838. The molecule has 1 aliphatic heterocycles. The fourth-order valence-corrected chi connectivity index (χ4v) is 2.60. The molecule has 1 amide bonds. The summed E-state index contributed by atoms with van der Waals surface area (Å²) in [6.45, 7) is 8.81. The highest BCUT2D eigenvalue weighted by Gasteiger charge is 2.20. The Bertz CT molecular complexity index is 485. The Morgan fingerprint density at radius 3 is 2.62 bits per heavy atom. The van der Waals surface area contributed by atoms with Crippen LogP contribution in [0.5, 0.6) is 5.75 Å². The number of aryl methyl sites for hydroxylation is 1. The summed E-state index contributed by atoms with van der Waals surface area (Å²) in [6.07, 6.45) is 1.16. The van der Waals surface area contributed by atoms with Crippen LogP contribution in [0.15, 0.2) is 18.2 Å². The predicted octanol–water partition coefficient (Wildman–Crippen LogP) is 2.58. The number of amides is 1. The van der Waals surface area contributed by atoms with Gasteiger partial charge in [0, 0.05) is 31.2 Å². The van der Waals surface area contributed by atoms with Crippen LogP contribution in [0.1, 0.15) is 18.9 Å². The number of rotatable bonds is 5. The Balaban J connectivity index is 1.78. The number of hydrogen-bond acceptors (Lipinski definition) is 3. The minimum absolute atomic E-state index is 0.0544. The number of ether oxygens (including phenoxy) is 1. The van der Waals surface area contributed by atoms with Gasteiger partial charge in [-0.2, -0.15) is 0 Å². The Morgan fingerprint density at radius 1 is 1.29 bits per heavy atom. The molecule has 1 aromatic carbocycles. The standard InChI is InChI=1S/C16H23ClN2O2/c1-3-6-18-7-9-19(10-8-18)16(20)12-21-14-4-5-15(17)13(2)11-14/h4-5,11H,3,6-10,12H2,1-2H3. The zero-order valence-corrected chi connectivity index (χ0v) is 13.5. The van der Waals surface area contributed by atoms with Crippen molar-refractivity contribution in [1.29, 1.82) is 0 Å².